The summed E-state index contributed by atoms with van der Waals surface area (Å²) in [7, 11) is 0. The zero-order valence-electron chi connectivity index (χ0n) is 22.2. The van der Waals surface area contributed by atoms with Gasteiger partial charge >= 0.3 is 0 Å². The highest BCUT2D eigenvalue weighted by molar-refractivity contribution is 6.33. The highest BCUT2D eigenvalue weighted by Crippen LogP contribution is 2.42. The molecule has 2 saturated heterocycles. The second-order valence-corrected chi connectivity index (χ2v) is 11.7. The van der Waals surface area contributed by atoms with E-state index in [1.807, 2.05) is 41.6 Å². The van der Waals surface area contributed by atoms with Gasteiger partial charge in [0.25, 0.3) is 11.8 Å². The van der Waals surface area contributed by atoms with Crippen LogP contribution < -0.4 is 10.2 Å². The third-order valence-corrected chi connectivity index (χ3v) is 9.29. The number of fused-ring (bicyclic) bond motifs is 1. The number of nitrogens with one attached hydrogen (secondary N) is 1. The smallest absolute Gasteiger partial charge is 0.253 e. The fourth-order valence-corrected chi connectivity index (χ4v) is 6.84. The first-order chi connectivity index (χ1) is 19.0. The molecule has 2 aliphatic heterocycles. The van der Waals surface area contributed by atoms with E-state index in [-0.39, 0.29) is 23.3 Å². The number of aromatic nitrogens is 1. The maximum atomic E-state index is 13.7. The van der Waals surface area contributed by atoms with Crippen molar-refractivity contribution in [3.63, 3.8) is 0 Å². The van der Waals surface area contributed by atoms with Crippen molar-refractivity contribution in [1.82, 2.24) is 15.2 Å². The van der Waals surface area contributed by atoms with Crippen molar-refractivity contribution in [3.05, 3.63) is 94.3 Å². The predicted molar refractivity (Wildman–Crippen MR) is 154 cm³/mol. The van der Waals surface area contributed by atoms with Crippen molar-refractivity contribution in [2.24, 2.45) is 5.41 Å². The summed E-state index contributed by atoms with van der Waals surface area (Å²) < 4.78 is 0. The number of carbonyl (C=O) groups excluding carboxylic acids is 2. The minimum Gasteiger partial charge on any atom is -0.371 e. The van der Waals surface area contributed by atoms with E-state index in [9.17, 15) is 9.59 Å². The lowest BCUT2D eigenvalue weighted by atomic mass is 9.77. The van der Waals surface area contributed by atoms with Gasteiger partial charge in [-0.2, -0.15) is 0 Å². The summed E-state index contributed by atoms with van der Waals surface area (Å²) in [5, 5.41) is 3.66. The number of hydrogen-bond donors (Lipinski definition) is 1. The number of hydrogen-bond acceptors (Lipinski definition) is 4. The molecule has 1 N–H and O–H groups in total. The molecular weight excluding hydrogens is 508 g/mol. The van der Waals surface area contributed by atoms with Gasteiger partial charge in [-0.15, -0.1) is 0 Å². The van der Waals surface area contributed by atoms with E-state index in [1.165, 1.54) is 17.7 Å². The minimum absolute atomic E-state index is 0.0945. The summed E-state index contributed by atoms with van der Waals surface area (Å²) >= 11 is 6.29. The van der Waals surface area contributed by atoms with Gasteiger partial charge in [-0.1, -0.05) is 36.2 Å². The Kier molecular flexibility index (Phi) is 7.30. The van der Waals surface area contributed by atoms with E-state index < -0.39 is 0 Å². The average Bonchev–Trinajstić information content (AvgIpc) is 3.28. The summed E-state index contributed by atoms with van der Waals surface area (Å²) in [6.45, 7) is 3.67. The molecule has 3 heterocycles. The molecule has 2 aromatic carbocycles. The normalized spacial score (nSPS) is 20.4. The maximum Gasteiger partial charge on any atom is 0.253 e. The van der Waals surface area contributed by atoms with Gasteiger partial charge in [-0.3, -0.25) is 14.6 Å². The number of nitrogens with zero attached hydrogens (tertiary/aromatic N) is 3. The summed E-state index contributed by atoms with van der Waals surface area (Å²) in [5.41, 5.74) is 5.00. The Morgan fingerprint density at radius 3 is 2.51 bits per heavy atom. The number of amides is 2. The predicted octanol–water partition coefficient (Wildman–Crippen LogP) is 6.07. The zero-order chi connectivity index (χ0) is 26.8. The van der Waals surface area contributed by atoms with Gasteiger partial charge in [0.1, 0.15) is 0 Å². The molecule has 0 radical (unpaired) electrons. The minimum atomic E-state index is -0.172. The fourth-order valence-electron chi connectivity index (χ4n) is 6.62. The summed E-state index contributed by atoms with van der Waals surface area (Å²) in [5.74, 6) is -0.0778. The first kappa shape index (κ1) is 25.9. The lowest BCUT2D eigenvalue weighted by molar-refractivity contribution is 0.0610. The molecule has 6 rings (SSSR count). The molecule has 2 fully saturated rings. The summed E-state index contributed by atoms with van der Waals surface area (Å²) in [6.07, 6.45) is 10.8. The van der Waals surface area contributed by atoms with E-state index >= 15 is 0 Å². The SMILES string of the molecule is O=C(NC1CCCCc2ccc(C(=O)N3CCC4(CC3)CCN(c3ccncc3)C4)cc21)c1ccccc1Cl. The average molecular weight is 543 g/mol. The van der Waals surface area contributed by atoms with Gasteiger partial charge < -0.3 is 15.1 Å². The van der Waals surface area contributed by atoms with Crippen LogP contribution in [0.3, 0.4) is 0 Å². The number of carbonyl (C=O) groups is 2. The van der Waals surface area contributed by atoms with Gasteiger partial charge in [0, 0.05) is 49.8 Å². The lowest BCUT2D eigenvalue weighted by Crippen LogP contribution is -2.44. The highest BCUT2D eigenvalue weighted by Gasteiger charge is 2.41. The molecule has 0 bridgehead atoms. The van der Waals surface area contributed by atoms with Gasteiger partial charge in [0.2, 0.25) is 0 Å². The van der Waals surface area contributed by atoms with E-state index in [0.717, 1.165) is 70.3 Å². The second kappa shape index (κ2) is 11.0. The molecule has 6 nitrogen and oxygen atoms in total. The molecule has 7 heteroatoms. The Morgan fingerprint density at radius 2 is 1.72 bits per heavy atom. The van der Waals surface area contributed by atoms with Crippen molar-refractivity contribution in [1.29, 1.82) is 0 Å². The van der Waals surface area contributed by atoms with Gasteiger partial charge in [-0.25, -0.2) is 0 Å². The van der Waals surface area contributed by atoms with Crippen molar-refractivity contribution >= 4 is 29.1 Å². The van der Waals surface area contributed by atoms with Crippen molar-refractivity contribution in [2.75, 3.05) is 31.1 Å². The monoisotopic (exact) mass is 542 g/mol. The van der Waals surface area contributed by atoms with Crippen molar-refractivity contribution in [3.8, 4) is 0 Å². The number of pyridine rings is 1. The number of piperidine rings is 1. The molecule has 202 valence electrons. The first-order valence-corrected chi connectivity index (χ1v) is 14.5. The van der Waals surface area contributed by atoms with E-state index in [0.29, 0.717) is 16.1 Å². The molecule has 1 atom stereocenters. The molecule has 1 spiro atoms. The lowest BCUT2D eigenvalue weighted by Gasteiger charge is -2.39. The Hall–Kier alpha value is -3.38. The van der Waals surface area contributed by atoms with Crippen molar-refractivity contribution in [2.45, 2.75) is 51.0 Å². The molecule has 1 unspecified atom stereocenters. The Balaban J connectivity index is 1.14. The molecule has 1 aliphatic carbocycles. The van der Waals surface area contributed by atoms with Crippen LogP contribution in [0, 0.1) is 5.41 Å². The van der Waals surface area contributed by atoms with Crippen LogP contribution in [0.25, 0.3) is 0 Å². The Bertz CT molecular complexity index is 1350. The van der Waals surface area contributed by atoms with Gasteiger partial charge in [-0.05, 0) is 91.5 Å². The third-order valence-electron chi connectivity index (χ3n) is 8.96. The Morgan fingerprint density at radius 1 is 0.949 bits per heavy atom. The number of likely N-dealkylation sites (tertiary alicyclic amines) is 1. The molecular formula is C32H35ClN4O2. The van der Waals surface area contributed by atoms with Crippen LogP contribution in [-0.2, 0) is 6.42 Å². The topological polar surface area (TPSA) is 65.5 Å². The first-order valence-electron chi connectivity index (χ1n) is 14.1. The molecule has 1 aromatic heterocycles. The van der Waals surface area contributed by atoms with Crippen LogP contribution in [-0.4, -0.2) is 47.9 Å². The molecule has 3 aliphatic rings. The standard InChI is InChI=1S/C32H35ClN4O2/c33-28-7-3-2-6-26(28)30(38)35-29-8-4-1-5-23-9-10-24(21-27(23)29)31(39)36-18-13-32(14-19-36)15-20-37(22-32)25-11-16-34-17-12-25/h2-3,6-7,9-12,16-17,21,29H,1,4-5,8,13-15,18-20,22H2,(H,35,38). The van der Waals surface area contributed by atoms with E-state index in [1.54, 1.807) is 12.1 Å². The van der Waals surface area contributed by atoms with Crippen molar-refractivity contribution < 1.29 is 9.59 Å². The highest BCUT2D eigenvalue weighted by atomic mass is 35.5. The summed E-state index contributed by atoms with van der Waals surface area (Å²) in [4.78, 5) is 35.4. The molecule has 39 heavy (non-hydrogen) atoms. The molecule has 2 amide bonds. The third kappa shape index (κ3) is 5.40. The van der Waals surface area contributed by atoms with Crippen LogP contribution >= 0.6 is 11.6 Å². The number of aryl methyl sites for hydroxylation is 1. The second-order valence-electron chi connectivity index (χ2n) is 11.3. The number of rotatable bonds is 4. The van der Waals surface area contributed by atoms with Crippen LogP contribution in [0.1, 0.15) is 76.4 Å². The number of benzene rings is 2. The van der Waals surface area contributed by atoms with Gasteiger partial charge in [0.05, 0.1) is 16.6 Å². The number of halogens is 1. The largest absolute Gasteiger partial charge is 0.371 e. The zero-order valence-corrected chi connectivity index (χ0v) is 23.0. The quantitative estimate of drug-likeness (QED) is 0.407. The maximum absolute atomic E-state index is 13.7. The summed E-state index contributed by atoms with van der Waals surface area (Å²) in [6, 6.07) is 17.3. The molecule has 3 aromatic rings. The van der Waals surface area contributed by atoms with Gasteiger partial charge in [0.15, 0.2) is 0 Å². The number of anilines is 1. The van der Waals surface area contributed by atoms with E-state index in [4.69, 9.17) is 11.6 Å². The van der Waals surface area contributed by atoms with Crippen LogP contribution in [0.15, 0.2) is 67.0 Å². The van der Waals surface area contributed by atoms with E-state index in [2.05, 4.69) is 33.4 Å². The fraction of sp³-hybridized carbons (Fsp3) is 0.406. The van der Waals surface area contributed by atoms with Crippen LogP contribution in [0.5, 0.6) is 0 Å². The molecule has 0 saturated carbocycles. The van der Waals surface area contributed by atoms with Crippen LogP contribution in [0.2, 0.25) is 5.02 Å². The Labute approximate surface area is 235 Å². The van der Waals surface area contributed by atoms with Crippen LogP contribution in [0.4, 0.5) is 5.69 Å².